The van der Waals surface area contributed by atoms with Crippen LogP contribution in [0.5, 0.6) is 0 Å². The molecule has 3 rings (SSSR count). The van der Waals surface area contributed by atoms with Crippen molar-refractivity contribution in [3.63, 3.8) is 0 Å². The van der Waals surface area contributed by atoms with Gasteiger partial charge in [0.15, 0.2) is 5.65 Å². The fraction of sp³-hybridized carbons (Fsp3) is 0.278. The van der Waals surface area contributed by atoms with Crippen molar-refractivity contribution in [3.8, 4) is 6.07 Å². The minimum absolute atomic E-state index is 0.426. The minimum atomic E-state index is 0.426. The summed E-state index contributed by atoms with van der Waals surface area (Å²) >= 11 is 15.3. The molecule has 27 heavy (non-hydrogen) atoms. The first kappa shape index (κ1) is 19.9. The molecule has 0 atom stereocenters. The van der Waals surface area contributed by atoms with E-state index < -0.39 is 0 Å². The summed E-state index contributed by atoms with van der Waals surface area (Å²) < 4.78 is 2.60. The van der Waals surface area contributed by atoms with Crippen LogP contribution in [0.15, 0.2) is 41.0 Å². The van der Waals surface area contributed by atoms with Gasteiger partial charge in [-0.2, -0.15) is 14.9 Å². The molecule has 0 aliphatic rings. The third-order valence-electron chi connectivity index (χ3n) is 3.93. The van der Waals surface area contributed by atoms with Crippen molar-refractivity contribution < 1.29 is 0 Å². The van der Waals surface area contributed by atoms with Gasteiger partial charge in [-0.1, -0.05) is 22.0 Å². The first-order valence-electron chi connectivity index (χ1n) is 8.29. The standard InChI is InChI=1S/C18H17BrCl2N6/c19-14-2-1-3-15(8-14)24-17-9-16(12-26(6-4-20)7-5-21)25-18-13(10-22)11-23-27(17)18/h1-3,8-9,11,24H,4-7,12H2. The highest BCUT2D eigenvalue weighted by Gasteiger charge is 2.14. The zero-order valence-corrected chi connectivity index (χ0v) is 17.5. The van der Waals surface area contributed by atoms with Crippen LogP contribution in [-0.4, -0.2) is 44.3 Å². The van der Waals surface area contributed by atoms with Gasteiger partial charge in [-0.05, 0) is 18.2 Å². The third kappa shape index (κ3) is 4.90. The van der Waals surface area contributed by atoms with E-state index in [4.69, 9.17) is 23.2 Å². The Labute approximate surface area is 175 Å². The van der Waals surface area contributed by atoms with E-state index >= 15 is 0 Å². The number of hydrogen-bond donors (Lipinski definition) is 1. The summed E-state index contributed by atoms with van der Waals surface area (Å²) in [7, 11) is 0. The highest BCUT2D eigenvalue weighted by molar-refractivity contribution is 9.10. The molecule has 0 saturated heterocycles. The fourth-order valence-electron chi connectivity index (χ4n) is 2.71. The Morgan fingerprint density at radius 3 is 2.67 bits per heavy atom. The van der Waals surface area contributed by atoms with E-state index in [0.29, 0.717) is 42.6 Å². The van der Waals surface area contributed by atoms with E-state index in [0.717, 1.165) is 21.7 Å². The summed E-state index contributed by atoms with van der Waals surface area (Å²) in [5.74, 6) is 1.75. The lowest BCUT2D eigenvalue weighted by Crippen LogP contribution is -2.28. The number of anilines is 2. The first-order valence-corrected chi connectivity index (χ1v) is 10.2. The SMILES string of the molecule is N#Cc1cnn2c(Nc3cccc(Br)c3)cc(CN(CCCl)CCCl)nc12. The first-order chi connectivity index (χ1) is 13.1. The molecule has 0 amide bonds. The van der Waals surface area contributed by atoms with Crippen molar-refractivity contribution in [2.45, 2.75) is 6.54 Å². The van der Waals surface area contributed by atoms with Crippen molar-refractivity contribution in [3.05, 3.63) is 52.3 Å². The predicted molar refractivity (Wildman–Crippen MR) is 112 cm³/mol. The molecule has 0 radical (unpaired) electrons. The topological polar surface area (TPSA) is 69.2 Å². The molecule has 0 spiro atoms. The largest absolute Gasteiger partial charge is 0.340 e. The molecule has 0 aliphatic heterocycles. The summed E-state index contributed by atoms with van der Waals surface area (Å²) in [6.07, 6.45) is 1.52. The van der Waals surface area contributed by atoms with Crippen LogP contribution in [0.4, 0.5) is 11.5 Å². The summed E-state index contributed by atoms with van der Waals surface area (Å²) in [5, 5.41) is 17.0. The number of halogens is 3. The van der Waals surface area contributed by atoms with Crippen molar-refractivity contribution in [2.24, 2.45) is 0 Å². The van der Waals surface area contributed by atoms with Gasteiger partial charge in [-0.25, -0.2) is 4.98 Å². The molecule has 3 aromatic rings. The van der Waals surface area contributed by atoms with Crippen LogP contribution >= 0.6 is 39.1 Å². The lowest BCUT2D eigenvalue weighted by molar-refractivity contribution is 0.296. The van der Waals surface area contributed by atoms with Crippen LogP contribution in [0, 0.1) is 11.3 Å². The Morgan fingerprint density at radius 1 is 1.22 bits per heavy atom. The van der Waals surface area contributed by atoms with E-state index in [-0.39, 0.29) is 0 Å². The second-order valence-electron chi connectivity index (χ2n) is 5.83. The van der Waals surface area contributed by atoms with Crippen LogP contribution in [0.3, 0.4) is 0 Å². The van der Waals surface area contributed by atoms with Crippen LogP contribution < -0.4 is 5.32 Å². The van der Waals surface area contributed by atoms with E-state index in [1.165, 1.54) is 6.20 Å². The number of nitrogens with zero attached hydrogens (tertiary/aromatic N) is 5. The van der Waals surface area contributed by atoms with E-state index in [2.05, 4.69) is 42.3 Å². The minimum Gasteiger partial charge on any atom is -0.340 e. The quantitative estimate of drug-likeness (QED) is 0.497. The van der Waals surface area contributed by atoms with Crippen LogP contribution in [-0.2, 0) is 6.54 Å². The summed E-state index contributed by atoms with van der Waals surface area (Å²) in [4.78, 5) is 6.76. The van der Waals surface area contributed by atoms with Crippen LogP contribution in [0.2, 0.25) is 0 Å². The summed E-state index contributed by atoms with van der Waals surface area (Å²) in [5.41, 5.74) is 2.65. The molecule has 2 aromatic heterocycles. The highest BCUT2D eigenvalue weighted by atomic mass is 79.9. The monoisotopic (exact) mass is 466 g/mol. The summed E-state index contributed by atoms with van der Waals surface area (Å²) in [6, 6.07) is 11.9. The maximum absolute atomic E-state index is 9.37. The van der Waals surface area contributed by atoms with Gasteiger partial charge in [0.1, 0.15) is 17.5 Å². The molecule has 0 saturated carbocycles. The number of nitrogens with one attached hydrogen (secondary N) is 1. The maximum atomic E-state index is 9.37. The molecular weight excluding hydrogens is 451 g/mol. The van der Waals surface area contributed by atoms with Crippen molar-refractivity contribution in [1.82, 2.24) is 19.5 Å². The fourth-order valence-corrected chi connectivity index (χ4v) is 3.59. The van der Waals surface area contributed by atoms with Gasteiger partial charge in [0.2, 0.25) is 0 Å². The molecule has 1 N–H and O–H groups in total. The Kier molecular flexibility index (Phi) is 6.91. The number of alkyl halides is 2. The number of nitriles is 1. The second kappa shape index (κ2) is 9.38. The second-order valence-corrected chi connectivity index (χ2v) is 7.50. The molecule has 0 aliphatic carbocycles. The maximum Gasteiger partial charge on any atom is 0.175 e. The van der Waals surface area contributed by atoms with Crippen LogP contribution in [0.1, 0.15) is 11.3 Å². The molecule has 6 nitrogen and oxygen atoms in total. The van der Waals surface area contributed by atoms with Gasteiger partial charge >= 0.3 is 0 Å². The molecule has 0 unspecified atom stereocenters. The Balaban J connectivity index is 2.00. The summed E-state index contributed by atoms with van der Waals surface area (Å²) in [6.45, 7) is 2.00. The van der Waals surface area contributed by atoms with E-state index in [1.807, 2.05) is 30.3 Å². The van der Waals surface area contributed by atoms with Crippen molar-refractivity contribution >= 4 is 56.3 Å². The normalized spacial score (nSPS) is 11.1. The third-order valence-corrected chi connectivity index (χ3v) is 4.76. The van der Waals surface area contributed by atoms with Crippen molar-refractivity contribution in [1.29, 1.82) is 5.26 Å². The molecule has 1 aromatic carbocycles. The number of rotatable bonds is 8. The number of aromatic nitrogens is 3. The molecule has 9 heteroatoms. The van der Waals surface area contributed by atoms with Gasteiger partial charge in [0.05, 0.1) is 11.9 Å². The van der Waals surface area contributed by atoms with Crippen LogP contribution in [0.25, 0.3) is 5.65 Å². The molecule has 2 heterocycles. The number of benzene rings is 1. The van der Waals surface area contributed by atoms with Gasteiger partial charge in [-0.15, -0.1) is 23.2 Å². The van der Waals surface area contributed by atoms with Crippen molar-refractivity contribution in [2.75, 3.05) is 30.2 Å². The zero-order chi connectivity index (χ0) is 19.2. The van der Waals surface area contributed by atoms with E-state index in [9.17, 15) is 5.26 Å². The Hall–Kier alpha value is -1.85. The van der Waals surface area contributed by atoms with Gasteiger partial charge in [0, 0.05) is 47.6 Å². The lowest BCUT2D eigenvalue weighted by atomic mass is 10.3. The van der Waals surface area contributed by atoms with Gasteiger partial charge < -0.3 is 5.32 Å². The Morgan fingerprint density at radius 2 is 2.00 bits per heavy atom. The van der Waals surface area contributed by atoms with Gasteiger partial charge in [0.25, 0.3) is 0 Å². The van der Waals surface area contributed by atoms with Gasteiger partial charge in [-0.3, -0.25) is 4.90 Å². The average molecular weight is 468 g/mol. The molecule has 0 fully saturated rings. The number of hydrogen-bond acceptors (Lipinski definition) is 5. The zero-order valence-electron chi connectivity index (χ0n) is 14.4. The van der Waals surface area contributed by atoms with E-state index in [1.54, 1.807) is 4.52 Å². The number of fused-ring (bicyclic) bond motifs is 1. The lowest BCUT2D eigenvalue weighted by Gasteiger charge is -2.20. The molecule has 140 valence electrons. The smallest absolute Gasteiger partial charge is 0.175 e. The predicted octanol–water partition coefficient (Wildman–Crippen LogP) is 4.39. The Bertz CT molecular complexity index is 962. The molecular formula is C18H17BrCl2N6. The molecule has 0 bridgehead atoms. The average Bonchev–Trinajstić information content (AvgIpc) is 3.05. The highest BCUT2D eigenvalue weighted by Crippen LogP contribution is 2.23.